The first kappa shape index (κ1) is 19.4. The number of morpholine rings is 1. The Kier molecular flexibility index (Phi) is 5.52. The molecule has 2 heterocycles. The maximum Gasteiger partial charge on any atom is 0.410 e. The molecule has 0 aromatic carbocycles. The minimum absolute atomic E-state index is 0.110. The van der Waals surface area contributed by atoms with Gasteiger partial charge >= 0.3 is 12.1 Å². The molecule has 2 aliphatic rings. The summed E-state index contributed by atoms with van der Waals surface area (Å²) in [4.78, 5) is 38.1. The minimum Gasteiger partial charge on any atom is -0.468 e. The van der Waals surface area contributed by atoms with E-state index in [1.54, 1.807) is 25.7 Å². The fourth-order valence-electron chi connectivity index (χ4n) is 3.24. The molecule has 1 atom stereocenters. The zero-order chi connectivity index (χ0) is 18.8. The molecule has 0 spiro atoms. The molecule has 0 radical (unpaired) electrons. The molecular formula is C15H25N3O7. The van der Waals surface area contributed by atoms with Crippen LogP contribution < -0.4 is 0 Å². The largest absolute Gasteiger partial charge is 0.468 e. The van der Waals surface area contributed by atoms with Crippen LogP contribution in [0.4, 0.5) is 4.79 Å². The number of hydrogen-bond acceptors (Lipinski definition) is 8. The molecule has 0 bridgehead atoms. The highest BCUT2D eigenvalue weighted by atomic mass is 16.6. The summed E-state index contributed by atoms with van der Waals surface area (Å²) in [5.74, 6) is -0.502. The van der Waals surface area contributed by atoms with Crippen LogP contribution >= 0.6 is 0 Å². The van der Waals surface area contributed by atoms with Gasteiger partial charge in [-0.05, 0) is 20.8 Å². The Labute approximate surface area is 146 Å². The Morgan fingerprint density at radius 2 is 2.00 bits per heavy atom. The van der Waals surface area contributed by atoms with Crippen molar-refractivity contribution in [2.24, 2.45) is 0 Å². The Morgan fingerprint density at radius 3 is 2.52 bits per heavy atom. The van der Waals surface area contributed by atoms with Gasteiger partial charge in [-0.3, -0.25) is 19.8 Å². The smallest absolute Gasteiger partial charge is 0.410 e. The van der Waals surface area contributed by atoms with Crippen molar-refractivity contribution < 1.29 is 28.7 Å². The van der Waals surface area contributed by atoms with Crippen LogP contribution in [0.2, 0.25) is 0 Å². The Bertz CT molecular complexity index is 540. The molecule has 25 heavy (non-hydrogen) atoms. The van der Waals surface area contributed by atoms with Gasteiger partial charge in [-0.15, -0.1) is 0 Å². The fourth-order valence-corrected chi connectivity index (χ4v) is 3.24. The normalized spacial score (nSPS) is 23.5. The van der Waals surface area contributed by atoms with Gasteiger partial charge in [-0.2, -0.15) is 0 Å². The molecule has 2 saturated heterocycles. The number of esters is 1. The van der Waals surface area contributed by atoms with Crippen LogP contribution in [0.3, 0.4) is 0 Å². The van der Waals surface area contributed by atoms with Gasteiger partial charge in [0.05, 0.1) is 33.4 Å². The zero-order valence-electron chi connectivity index (χ0n) is 15.0. The molecule has 2 fully saturated rings. The summed E-state index contributed by atoms with van der Waals surface area (Å²) in [5.41, 5.74) is -1.57. The Morgan fingerprint density at radius 1 is 1.36 bits per heavy atom. The second kappa shape index (κ2) is 7.12. The summed E-state index contributed by atoms with van der Waals surface area (Å²) in [7, 11) is 1.27. The van der Waals surface area contributed by atoms with Gasteiger partial charge in [-0.1, -0.05) is 0 Å². The predicted molar refractivity (Wildman–Crippen MR) is 85.7 cm³/mol. The van der Waals surface area contributed by atoms with Crippen LogP contribution in [0.1, 0.15) is 20.8 Å². The molecular weight excluding hydrogens is 334 g/mol. The molecule has 10 heteroatoms. The second-order valence-electron chi connectivity index (χ2n) is 7.36. The SMILES string of the molecule is COC(=O)C1COCCN1C1(C[N+](=O)[O-])CN(C(=O)OC(C)(C)C)C1. The summed E-state index contributed by atoms with van der Waals surface area (Å²) in [6.45, 7) is 5.96. The molecule has 2 aliphatic heterocycles. The van der Waals surface area contributed by atoms with Crippen LogP contribution in [0.15, 0.2) is 0 Å². The highest BCUT2D eigenvalue weighted by Crippen LogP contribution is 2.33. The van der Waals surface area contributed by atoms with E-state index in [2.05, 4.69) is 0 Å². The number of rotatable bonds is 4. The number of nitro groups is 1. The molecule has 0 aliphatic carbocycles. The topological polar surface area (TPSA) is 111 Å². The van der Waals surface area contributed by atoms with Crippen LogP contribution in [0.25, 0.3) is 0 Å². The monoisotopic (exact) mass is 359 g/mol. The Hall–Kier alpha value is -1.94. The van der Waals surface area contributed by atoms with E-state index >= 15 is 0 Å². The predicted octanol–water partition coefficient (Wildman–Crippen LogP) is 0.126. The zero-order valence-corrected chi connectivity index (χ0v) is 15.0. The van der Waals surface area contributed by atoms with Crippen molar-refractivity contribution >= 4 is 12.1 Å². The summed E-state index contributed by atoms with van der Waals surface area (Å²) >= 11 is 0. The van der Waals surface area contributed by atoms with Crippen LogP contribution in [0.5, 0.6) is 0 Å². The Balaban J connectivity index is 2.15. The van der Waals surface area contributed by atoms with Crippen LogP contribution in [-0.2, 0) is 19.0 Å². The fraction of sp³-hybridized carbons (Fsp3) is 0.867. The lowest BCUT2D eigenvalue weighted by atomic mass is 9.86. The van der Waals surface area contributed by atoms with Crippen molar-refractivity contribution in [1.82, 2.24) is 9.80 Å². The molecule has 1 amide bonds. The van der Waals surface area contributed by atoms with Gasteiger partial charge < -0.3 is 19.1 Å². The lowest BCUT2D eigenvalue weighted by Crippen LogP contribution is -2.77. The van der Waals surface area contributed by atoms with Gasteiger partial charge in [0, 0.05) is 11.5 Å². The number of ether oxygens (including phenoxy) is 3. The van der Waals surface area contributed by atoms with E-state index in [4.69, 9.17) is 14.2 Å². The van der Waals surface area contributed by atoms with E-state index in [0.717, 1.165) is 0 Å². The van der Waals surface area contributed by atoms with Crippen molar-refractivity contribution in [2.75, 3.05) is 46.5 Å². The number of carbonyl (C=O) groups is 2. The van der Waals surface area contributed by atoms with Crippen molar-refractivity contribution in [1.29, 1.82) is 0 Å². The van der Waals surface area contributed by atoms with E-state index in [1.807, 2.05) is 0 Å². The van der Waals surface area contributed by atoms with Gasteiger partial charge in [0.15, 0.2) is 0 Å². The highest BCUT2D eigenvalue weighted by molar-refractivity contribution is 5.76. The van der Waals surface area contributed by atoms with E-state index in [0.29, 0.717) is 13.2 Å². The molecule has 142 valence electrons. The first-order valence-corrected chi connectivity index (χ1v) is 8.10. The number of amides is 1. The molecule has 2 rings (SSSR count). The maximum atomic E-state index is 12.2. The van der Waals surface area contributed by atoms with E-state index in [-0.39, 0.29) is 26.2 Å². The molecule has 0 aromatic heterocycles. The molecule has 1 unspecified atom stereocenters. The highest BCUT2D eigenvalue weighted by Gasteiger charge is 2.57. The van der Waals surface area contributed by atoms with Gasteiger partial charge in [0.1, 0.15) is 17.2 Å². The number of nitrogens with zero attached hydrogens (tertiary/aromatic N) is 3. The quantitative estimate of drug-likeness (QED) is 0.395. The third-order valence-corrected chi connectivity index (χ3v) is 4.26. The lowest BCUT2D eigenvalue weighted by Gasteiger charge is -2.55. The van der Waals surface area contributed by atoms with Gasteiger partial charge in [0.25, 0.3) is 0 Å². The maximum absolute atomic E-state index is 12.2. The average molecular weight is 359 g/mol. The third kappa shape index (κ3) is 4.37. The minimum atomic E-state index is -0.928. The number of methoxy groups -OCH3 is 1. The summed E-state index contributed by atoms with van der Waals surface area (Å²) in [6, 6.07) is -0.723. The summed E-state index contributed by atoms with van der Waals surface area (Å²) < 4.78 is 15.4. The molecule has 0 aromatic rings. The van der Waals surface area contributed by atoms with Gasteiger partial charge in [-0.25, -0.2) is 4.79 Å². The standard InChI is InChI=1S/C15H25N3O7/c1-14(2,3)25-13(20)16-8-15(9-16,10-18(21)22)17-5-6-24-7-11(17)12(19)23-4/h11H,5-10H2,1-4H3. The second-order valence-corrected chi connectivity index (χ2v) is 7.36. The number of likely N-dealkylation sites (tertiary alicyclic amines) is 1. The van der Waals surface area contributed by atoms with Gasteiger partial charge in [0.2, 0.25) is 6.54 Å². The average Bonchev–Trinajstić information content (AvgIpc) is 2.47. The number of hydrogen-bond donors (Lipinski definition) is 0. The van der Waals surface area contributed by atoms with Crippen LogP contribution in [0, 0.1) is 10.1 Å². The first-order chi connectivity index (χ1) is 11.6. The van der Waals surface area contributed by atoms with Crippen molar-refractivity contribution in [3.05, 3.63) is 10.1 Å². The number of carbonyl (C=O) groups excluding carboxylic acids is 2. The molecule has 0 N–H and O–H groups in total. The first-order valence-electron chi connectivity index (χ1n) is 8.10. The summed E-state index contributed by atoms with van der Waals surface area (Å²) in [6.07, 6.45) is -0.519. The summed E-state index contributed by atoms with van der Waals surface area (Å²) in [5, 5.41) is 11.2. The molecule has 0 saturated carbocycles. The van der Waals surface area contributed by atoms with Crippen molar-refractivity contribution in [2.45, 2.75) is 38.0 Å². The lowest BCUT2D eigenvalue weighted by molar-refractivity contribution is -0.501. The van der Waals surface area contributed by atoms with E-state index in [1.165, 1.54) is 12.0 Å². The van der Waals surface area contributed by atoms with Crippen molar-refractivity contribution in [3.63, 3.8) is 0 Å². The molecule has 10 nitrogen and oxygen atoms in total. The van der Waals surface area contributed by atoms with E-state index < -0.39 is 34.2 Å². The van der Waals surface area contributed by atoms with E-state index in [9.17, 15) is 19.7 Å². The van der Waals surface area contributed by atoms with Crippen molar-refractivity contribution in [3.8, 4) is 0 Å². The third-order valence-electron chi connectivity index (χ3n) is 4.26. The van der Waals surface area contributed by atoms with Crippen LogP contribution in [-0.4, -0.2) is 90.5 Å².